The molecule has 1 fully saturated rings. The van der Waals surface area contributed by atoms with Crippen molar-refractivity contribution in [1.82, 2.24) is 15.3 Å². The lowest BCUT2D eigenvalue weighted by Crippen LogP contribution is -2.27. The van der Waals surface area contributed by atoms with Gasteiger partial charge in [-0.15, -0.1) is 0 Å². The highest BCUT2D eigenvalue weighted by Crippen LogP contribution is 2.25. The molecule has 0 saturated carbocycles. The number of benzene rings is 1. The third-order valence-corrected chi connectivity index (χ3v) is 3.37. The molecule has 1 aromatic carbocycles. The first-order valence-electron chi connectivity index (χ1n) is 6.30. The second-order valence-electron chi connectivity index (χ2n) is 4.43. The summed E-state index contributed by atoms with van der Waals surface area (Å²) >= 11 is 6.11. The van der Waals surface area contributed by atoms with Gasteiger partial charge in [-0.25, -0.2) is 9.97 Å². The molecule has 2 heterocycles. The zero-order valence-electron chi connectivity index (χ0n) is 10.3. The summed E-state index contributed by atoms with van der Waals surface area (Å²) in [4.78, 5) is 8.61. The normalized spacial score (nSPS) is 18.5. The quantitative estimate of drug-likeness (QED) is 0.936. The van der Waals surface area contributed by atoms with Crippen molar-refractivity contribution in [2.75, 3.05) is 6.54 Å². The Balaban J connectivity index is 1.77. The summed E-state index contributed by atoms with van der Waals surface area (Å²) in [6, 6.07) is 7.52. The van der Waals surface area contributed by atoms with Gasteiger partial charge in [-0.05, 0) is 31.5 Å². The minimum atomic E-state index is 0.0785. The Morgan fingerprint density at radius 1 is 1.21 bits per heavy atom. The van der Waals surface area contributed by atoms with Crippen LogP contribution in [0.1, 0.15) is 12.8 Å². The zero-order chi connectivity index (χ0) is 13.1. The minimum absolute atomic E-state index is 0.0785. The molecule has 0 aliphatic carbocycles. The highest BCUT2D eigenvalue weighted by atomic mass is 35.5. The molecule has 3 rings (SSSR count). The van der Waals surface area contributed by atoms with Gasteiger partial charge in [0, 0.05) is 5.56 Å². The molecule has 98 valence electrons. The van der Waals surface area contributed by atoms with Gasteiger partial charge in [0.15, 0.2) is 11.6 Å². The van der Waals surface area contributed by atoms with Crippen molar-refractivity contribution in [2.24, 2.45) is 0 Å². The summed E-state index contributed by atoms with van der Waals surface area (Å²) < 4.78 is 5.73. The molecule has 0 bridgehead atoms. The maximum absolute atomic E-state index is 6.11. The first-order chi connectivity index (χ1) is 9.33. The summed E-state index contributed by atoms with van der Waals surface area (Å²) in [6.45, 7) is 1.00. The van der Waals surface area contributed by atoms with Crippen LogP contribution in [0, 0.1) is 0 Å². The average molecular weight is 276 g/mol. The van der Waals surface area contributed by atoms with Gasteiger partial charge in [0.2, 0.25) is 0 Å². The van der Waals surface area contributed by atoms with Crippen LogP contribution in [0.5, 0.6) is 5.75 Å². The fraction of sp³-hybridized carbons (Fsp3) is 0.286. The van der Waals surface area contributed by atoms with Crippen molar-refractivity contribution in [3.05, 3.63) is 41.7 Å². The van der Waals surface area contributed by atoms with Crippen LogP contribution < -0.4 is 10.1 Å². The molecule has 1 aliphatic rings. The third kappa shape index (κ3) is 2.85. The predicted octanol–water partition coefficient (Wildman–Crippen LogP) is 2.89. The van der Waals surface area contributed by atoms with E-state index in [4.69, 9.17) is 16.3 Å². The fourth-order valence-electron chi connectivity index (χ4n) is 2.08. The Morgan fingerprint density at radius 2 is 2.00 bits per heavy atom. The number of hydrogen-bond acceptors (Lipinski definition) is 4. The molecule has 0 spiro atoms. The van der Waals surface area contributed by atoms with Gasteiger partial charge in [0.25, 0.3) is 0 Å². The standard InChI is InChI=1S/C14H14ClN3O/c15-12-5-2-1-4-11(12)14-17-8-10(9-18-14)19-13-6-3-7-16-13/h1-2,4-5,8-9,13,16H,3,6-7H2. The molecule has 1 atom stereocenters. The predicted molar refractivity (Wildman–Crippen MR) is 74.1 cm³/mol. The van der Waals surface area contributed by atoms with E-state index in [-0.39, 0.29) is 6.23 Å². The van der Waals surface area contributed by atoms with Crippen molar-refractivity contribution in [3.63, 3.8) is 0 Å². The molecule has 0 amide bonds. The number of ether oxygens (including phenoxy) is 1. The van der Waals surface area contributed by atoms with Crippen LogP contribution in [0.15, 0.2) is 36.7 Å². The van der Waals surface area contributed by atoms with Crippen LogP contribution in [0.25, 0.3) is 11.4 Å². The van der Waals surface area contributed by atoms with Gasteiger partial charge < -0.3 is 4.74 Å². The van der Waals surface area contributed by atoms with E-state index in [1.54, 1.807) is 12.4 Å². The Hall–Kier alpha value is -1.65. The fourth-order valence-corrected chi connectivity index (χ4v) is 2.30. The van der Waals surface area contributed by atoms with Gasteiger partial charge in [0.1, 0.15) is 6.23 Å². The highest BCUT2D eigenvalue weighted by Gasteiger charge is 2.15. The minimum Gasteiger partial charge on any atom is -0.472 e. The summed E-state index contributed by atoms with van der Waals surface area (Å²) in [5.74, 6) is 1.28. The lowest BCUT2D eigenvalue weighted by molar-refractivity contribution is 0.186. The smallest absolute Gasteiger partial charge is 0.160 e. The van der Waals surface area contributed by atoms with E-state index in [9.17, 15) is 0 Å². The molecular weight excluding hydrogens is 262 g/mol. The topological polar surface area (TPSA) is 47.0 Å². The van der Waals surface area contributed by atoms with Gasteiger partial charge >= 0.3 is 0 Å². The van der Waals surface area contributed by atoms with Gasteiger partial charge in [-0.3, -0.25) is 5.32 Å². The van der Waals surface area contributed by atoms with Crippen LogP contribution in [0.2, 0.25) is 5.02 Å². The molecule has 1 unspecified atom stereocenters. The summed E-state index contributed by atoms with van der Waals surface area (Å²) in [5, 5.41) is 3.91. The third-order valence-electron chi connectivity index (χ3n) is 3.04. The molecule has 4 nitrogen and oxygen atoms in total. The Labute approximate surface area is 116 Å². The maximum atomic E-state index is 6.11. The number of nitrogens with one attached hydrogen (secondary N) is 1. The lowest BCUT2D eigenvalue weighted by Gasteiger charge is -2.12. The first-order valence-corrected chi connectivity index (χ1v) is 6.68. The molecule has 1 N–H and O–H groups in total. The largest absolute Gasteiger partial charge is 0.472 e. The van der Waals surface area contributed by atoms with Crippen LogP contribution >= 0.6 is 11.6 Å². The summed E-state index contributed by atoms with van der Waals surface area (Å²) in [6.07, 6.45) is 5.61. The van der Waals surface area contributed by atoms with Crippen molar-refractivity contribution in [2.45, 2.75) is 19.1 Å². The van der Waals surface area contributed by atoms with E-state index < -0.39 is 0 Å². The molecule has 1 aliphatic heterocycles. The summed E-state index contributed by atoms with van der Waals surface area (Å²) in [7, 11) is 0. The molecule has 0 radical (unpaired) electrons. The van der Waals surface area contributed by atoms with E-state index in [1.807, 2.05) is 24.3 Å². The molecule has 2 aromatic rings. The van der Waals surface area contributed by atoms with Crippen LogP contribution in [-0.4, -0.2) is 22.7 Å². The molecule has 19 heavy (non-hydrogen) atoms. The molecule has 1 saturated heterocycles. The van der Waals surface area contributed by atoms with E-state index in [0.717, 1.165) is 24.9 Å². The Kier molecular flexibility index (Phi) is 3.62. The number of aromatic nitrogens is 2. The number of rotatable bonds is 3. The highest BCUT2D eigenvalue weighted by molar-refractivity contribution is 6.33. The van der Waals surface area contributed by atoms with E-state index in [1.165, 1.54) is 0 Å². The first kappa shape index (κ1) is 12.4. The molecule has 1 aromatic heterocycles. The van der Waals surface area contributed by atoms with Gasteiger partial charge in [-0.2, -0.15) is 0 Å². The molecular formula is C14H14ClN3O. The monoisotopic (exact) mass is 275 g/mol. The van der Waals surface area contributed by atoms with Crippen LogP contribution in [0.3, 0.4) is 0 Å². The van der Waals surface area contributed by atoms with Crippen molar-refractivity contribution in [3.8, 4) is 17.1 Å². The maximum Gasteiger partial charge on any atom is 0.160 e. The van der Waals surface area contributed by atoms with Crippen molar-refractivity contribution >= 4 is 11.6 Å². The van der Waals surface area contributed by atoms with Crippen LogP contribution in [0.4, 0.5) is 0 Å². The van der Waals surface area contributed by atoms with E-state index in [0.29, 0.717) is 16.6 Å². The number of hydrogen-bond donors (Lipinski definition) is 1. The van der Waals surface area contributed by atoms with Crippen LogP contribution in [-0.2, 0) is 0 Å². The van der Waals surface area contributed by atoms with Crippen molar-refractivity contribution in [1.29, 1.82) is 0 Å². The van der Waals surface area contributed by atoms with Crippen molar-refractivity contribution < 1.29 is 4.74 Å². The zero-order valence-corrected chi connectivity index (χ0v) is 11.1. The number of nitrogens with zero attached hydrogens (tertiary/aromatic N) is 2. The van der Waals surface area contributed by atoms with E-state index >= 15 is 0 Å². The Morgan fingerprint density at radius 3 is 2.68 bits per heavy atom. The lowest BCUT2D eigenvalue weighted by atomic mass is 10.2. The SMILES string of the molecule is Clc1ccccc1-c1ncc(OC2CCCN2)cn1. The van der Waals surface area contributed by atoms with Gasteiger partial charge in [-0.1, -0.05) is 23.7 Å². The molecule has 5 heteroatoms. The summed E-state index contributed by atoms with van der Waals surface area (Å²) in [5.41, 5.74) is 0.828. The number of halogens is 1. The van der Waals surface area contributed by atoms with E-state index in [2.05, 4.69) is 15.3 Å². The average Bonchev–Trinajstić information content (AvgIpc) is 2.93. The van der Waals surface area contributed by atoms with Gasteiger partial charge in [0.05, 0.1) is 17.4 Å². The second kappa shape index (κ2) is 5.55. The Bertz CT molecular complexity index is 553. The second-order valence-corrected chi connectivity index (χ2v) is 4.83.